The van der Waals surface area contributed by atoms with Crippen LogP contribution in [0, 0.1) is 0 Å². The van der Waals surface area contributed by atoms with Crippen molar-refractivity contribution < 1.29 is 28.9 Å². The molecule has 0 spiro atoms. The standard InChI is InChI=1S/C28H27NO6/c1-33-21-11-7-18(8-12-21)15-16-29-25(19-9-13-22(34-2)14-10-19)24(27(31)28(29)32)26(30)20-5-4-6-23(17-20)35-3/h4-14,17,25,30H,15-16H2,1-3H3/b26-24-. The zero-order valence-electron chi connectivity index (χ0n) is 19.9. The topological polar surface area (TPSA) is 85.3 Å². The molecule has 1 saturated heterocycles. The number of rotatable bonds is 8. The fraction of sp³-hybridized carbons (Fsp3) is 0.214. The number of hydrogen-bond acceptors (Lipinski definition) is 6. The van der Waals surface area contributed by atoms with Gasteiger partial charge in [0.1, 0.15) is 23.0 Å². The number of carbonyl (C=O) groups is 2. The molecule has 1 fully saturated rings. The normalized spacial score (nSPS) is 16.9. The minimum Gasteiger partial charge on any atom is -0.507 e. The van der Waals surface area contributed by atoms with Crippen LogP contribution in [0.3, 0.4) is 0 Å². The highest BCUT2D eigenvalue weighted by Gasteiger charge is 2.45. The molecule has 0 bridgehead atoms. The number of Topliss-reactive ketones (excluding diaryl/α,β-unsaturated/α-hetero) is 1. The van der Waals surface area contributed by atoms with Crippen molar-refractivity contribution in [3.8, 4) is 17.2 Å². The number of aliphatic hydroxyl groups is 1. The number of hydrogen-bond donors (Lipinski definition) is 1. The van der Waals surface area contributed by atoms with Crippen LogP contribution in [0.2, 0.25) is 0 Å². The first-order valence-electron chi connectivity index (χ1n) is 11.2. The van der Waals surface area contributed by atoms with Gasteiger partial charge in [-0.25, -0.2) is 0 Å². The largest absolute Gasteiger partial charge is 0.507 e. The lowest BCUT2D eigenvalue weighted by molar-refractivity contribution is -0.139. The number of aliphatic hydroxyl groups excluding tert-OH is 1. The van der Waals surface area contributed by atoms with Gasteiger partial charge in [0.25, 0.3) is 11.7 Å². The third-order valence-corrected chi connectivity index (χ3v) is 6.12. The predicted octanol–water partition coefficient (Wildman–Crippen LogP) is 4.38. The molecule has 0 saturated carbocycles. The third kappa shape index (κ3) is 4.84. The first kappa shape index (κ1) is 23.9. The van der Waals surface area contributed by atoms with Crippen molar-refractivity contribution in [2.45, 2.75) is 12.5 Å². The number of amides is 1. The van der Waals surface area contributed by atoms with Gasteiger partial charge in [0.2, 0.25) is 0 Å². The zero-order chi connectivity index (χ0) is 24.9. The Morgan fingerprint density at radius 2 is 1.43 bits per heavy atom. The molecular weight excluding hydrogens is 446 g/mol. The summed E-state index contributed by atoms with van der Waals surface area (Å²) < 4.78 is 15.7. The van der Waals surface area contributed by atoms with Crippen LogP contribution in [0.1, 0.15) is 22.7 Å². The van der Waals surface area contributed by atoms with Crippen LogP contribution in [0.4, 0.5) is 0 Å². The highest BCUT2D eigenvalue weighted by Crippen LogP contribution is 2.40. The van der Waals surface area contributed by atoms with Crippen molar-refractivity contribution in [2.75, 3.05) is 27.9 Å². The molecule has 1 atom stereocenters. The maximum Gasteiger partial charge on any atom is 0.295 e. The molecule has 4 rings (SSSR count). The average molecular weight is 474 g/mol. The van der Waals surface area contributed by atoms with E-state index < -0.39 is 17.7 Å². The smallest absolute Gasteiger partial charge is 0.295 e. The average Bonchev–Trinajstić information content (AvgIpc) is 3.16. The van der Waals surface area contributed by atoms with Gasteiger partial charge in [-0.05, 0) is 53.9 Å². The molecule has 1 aliphatic heterocycles. The first-order valence-corrected chi connectivity index (χ1v) is 11.2. The Morgan fingerprint density at radius 1 is 0.829 bits per heavy atom. The Hall–Kier alpha value is -4.26. The van der Waals surface area contributed by atoms with E-state index in [0.717, 1.165) is 11.3 Å². The summed E-state index contributed by atoms with van der Waals surface area (Å²) in [5, 5.41) is 11.2. The molecule has 35 heavy (non-hydrogen) atoms. The number of ketones is 1. The van der Waals surface area contributed by atoms with Crippen LogP contribution < -0.4 is 14.2 Å². The van der Waals surface area contributed by atoms with Crippen molar-refractivity contribution in [1.82, 2.24) is 4.90 Å². The predicted molar refractivity (Wildman–Crippen MR) is 132 cm³/mol. The van der Waals surface area contributed by atoms with Crippen molar-refractivity contribution in [3.63, 3.8) is 0 Å². The van der Waals surface area contributed by atoms with Crippen molar-refractivity contribution in [3.05, 3.63) is 95.1 Å². The second-order valence-electron chi connectivity index (χ2n) is 8.10. The summed E-state index contributed by atoms with van der Waals surface area (Å²) in [6.45, 7) is 0.294. The lowest BCUT2D eigenvalue weighted by Crippen LogP contribution is -2.31. The minimum atomic E-state index is -0.745. The summed E-state index contributed by atoms with van der Waals surface area (Å²) in [5.41, 5.74) is 2.14. The van der Waals surface area contributed by atoms with E-state index in [9.17, 15) is 14.7 Å². The monoisotopic (exact) mass is 473 g/mol. The van der Waals surface area contributed by atoms with Crippen molar-refractivity contribution in [1.29, 1.82) is 0 Å². The van der Waals surface area contributed by atoms with Gasteiger partial charge >= 0.3 is 0 Å². The van der Waals surface area contributed by atoms with Crippen LogP contribution in [-0.4, -0.2) is 49.6 Å². The SMILES string of the molecule is COc1ccc(CCN2C(=O)C(=O)/C(=C(\O)c3cccc(OC)c3)C2c2ccc(OC)cc2)cc1. The first-order chi connectivity index (χ1) is 17.0. The van der Waals surface area contributed by atoms with E-state index in [1.807, 2.05) is 24.3 Å². The second kappa shape index (κ2) is 10.3. The van der Waals surface area contributed by atoms with Gasteiger partial charge in [-0.1, -0.05) is 36.4 Å². The molecule has 0 aromatic heterocycles. The van der Waals surface area contributed by atoms with Gasteiger partial charge in [-0.3, -0.25) is 9.59 Å². The van der Waals surface area contributed by atoms with Crippen LogP contribution in [-0.2, 0) is 16.0 Å². The molecule has 1 amide bonds. The third-order valence-electron chi connectivity index (χ3n) is 6.12. The molecular formula is C28H27NO6. The number of methoxy groups -OCH3 is 3. The number of benzene rings is 3. The molecule has 3 aromatic carbocycles. The number of likely N-dealkylation sites (tertiary alicyclic amines) is 1. The maximum absolute atomic E-state index is 13.2. The van der Waals surface area contributed by atoms with Crippen LogP contribution in [0.25, 0.3) is 5.76 Å². The maximum atomic E-state index is 13.2. The molecule has 7 heteroatoms. The Labute approximate surface area is 204 Å². The molecule has 1 unspecified atom stereocenters. The summed E-state index contributed by atoms with van der Waals surface area (Å²) in [4.78, 5) is 27.9. The van der Waals surface area contributed by atoms with Crippen molar-refractivity contribution >= 4 is 17.4 Å². The van der Waals surface area contributed by atoms with E-state index >= 15 is 0 Å². The summed E-state index contributed by atoms with van der Waals surface area (Å²) in [6, 6.07) is 20.7. The molecule has 7 nitrogen and oxygen atoms in total. The van der Waals surface area contributed by atoms with Gasteiger partial charge in [0.15, 0.2) is 0 Å². The molecule has 0 radical (unpaired) electrons. The van der Waals surface area contributed by atoms with Crippen LogP contribution in [0.5, 0.6) is 17.2 Å². The van der Waals surface area contributed by atoms with Gasteiger partial charge in [0.05, 0.1) is 32.9 Å². The lowest BCUT2D eigenvalue weighted by Gasteiger charge is -2.25. The molecule has 1 N–H and O–H groups in total. The van der Waals surface area contributed by atoms with Crippen molar-refractivity contribution in [2.24, 2.45) is 0 Å². The van der Waals surface area contributed by atoms with E-state index in [2.05, 4.69) is 0 Å². The number of nitrogens with zero attached hydrogens (tertiary/aromatic N) is 1. The summed E-state index contributed by atoms with van der Waals surface area (Å²) in [5.74, 6) is 0.311. The lowest BCUT2D eigenvalue weighted by atomic mass is 9.95. The Morgan fingerprint density at radius 3 is 2.03 bits per heavy atom. The Kier molecular flexibility index (Phi) is 7.06. The summed E-state index contributed by atoms with van der Waals surface area (Å²) >= 11 is 0. The molecule has 180 valence electrons. The second-order valence-corrected chi connectivity index (χ2v) is 8.10. The number of carbonyl (C=O) groups excluding carboxylic acids is 2. The zero-order valence-corrected chi connectivity index (χ0v) is 19.9. The molecule has 3 aromatic rings. The Balaban J connectivity index is 1.75. The minimum absolute atomic E-state index is 0.0446. The molecule has 0 aliphatic carbocycles. The quantitative estimate of drug-likeness (QED) is 0.297. The Bertz CT molecular complexity index is 1250. The van der Waals surface area contributed by atoms with E-state index in [1.54, 1.807) is 62.8 Å². The van der Waals surface area contributed by atoms with E-state index in [4.69, 9.17) is 14.2 Å². The van der Waals surface area contributed by atoms with Gasteiger partial charge in [-0.15, -0.1) is 0 Å². The van der Waals surface area contributed by atoms with Crippen LogP contribution >= 0.6 is 0 Å². The van der Waals surface area contributed by atoms with E-state index in [0.29, 0.717) is 35.6 Å². The fourth-order valence-electron chi connectivity index (χ4n) is 4.21. The summed E-state index contributed by atoms with van der Waals surface area (Å²) in [7, 11) is 4.69. The molecule has 1 heterocycles. The highest BCUT2D eigenvalue weighted by molar-refractivity contribution is 6.46. The van der Waals surface area contributed by atoms with E-state index in [1.165, 1.54) is 12.0 Å². The number of ether oxygens (including phenoxy) is 3. The molecule has 1 aliphatic rings. The van der Waals surface area contributed by atoms with Crippen LogP contribution in [0.15, 0.2) is 78.4 Å². The highest BCUT2D eigenvalue weighted by atomic mass is 16.5. The van der Waals surface area contributed by atoms with E-state index in [-0.39, 0.29) is 11.3 Å². The van der Waals surface area contributed by atoms with Gasteiger partial charge in [-0.2, -0.15) is 0 Å². The van der Waals surface area contributed by atoms with Gasteiger partial charge in [0, 0.05) is 12.1 Å². The summed E-state index contributed by atoms with van der Waals surface area (Å²) in [6.07, 6.45) is 0.531. The van der Waals surface area contributed by atoms with Gasteiger partial charge < -0.3 is 24.2 Å². The fourth-order valence-corrected chi connectivity index (χ4v) is 4.21.